The molecule has 0 spiro atoms. The minimum Gasteiger partial charge on any atom is -0.273 e. The molecule has 2 N–H and O–H groups in total. The van der Waals surface area contributed by atoms with E-state index in [9.17, 15) is 9.59 Å². The van der Waals surface area contributed by atoms with Gasteiger partial charge in [0, 0.05) is 0 Å². The van der Waals surface area contributed by atoms with E-state index in [4.69, 9.17) is 0 Å². The van der Waals surface area contributed by atoms with Crippen molar-refractivity contribution in [3.05, 3.63) is 0 Å². The lowest BCUT2D eigenvalue weighted by Gasteiger charge is -2.60. The number of hydrogen-bond donors (Lipinski definition) is 2. The minimum atomic E-state index is -0.117. The maximum absolute atomic E-state index is 12.0. The van der Waals surface area contributed by atoms with E-state index >= 15 is 0 Å². The van der Waals surface area contributed by atoms with Gasteiger partial charge in [-0.25, -0.2) is 0 Å². The number of amides is 2. The Morgan fingerprint density at radius 2 is 1.19 bits per heavy atom. The molecule has 2 atom stereocenters. The normalized spacial score (nSPS) is 50.6. The molecule has 4 aliphatic rings. The zero-order chi connectivity index (χ0) is 11.6. The highest BCUT2D eigenvalue weighted by Crippen LogP contribution is 2.62. The Balaban J connectivity index is 2.09. The van der Waals surface area contributed by atoms with Gasteiger partial charge in [-0.05, 0) is 36.5 Å². The molecule has 2 amide bonds. The Hall–Kier alpha value is -1.06. The van der Waals surface area contributed by atoms with Crippen molar-refractivity contribution in [3.8, 4) is 0 Å². The number of carbonyl (C=O) groups is 2. The maximum Gasteiger partial charge on any atom is 0.242 e. The summed E-state index contributed by atoms with van der Waals surface area (Å²) in [6, 6.07) is 0. The SMILES string of the molecule is CC12CCC(C)(CC1)[C@H]1C(=O)NNC(=O)[C@H]12. The fourth-order valence-corrected chi connectivity index (χ4v) is 4.03. The molecule has 4 nitrogen and oxygen atoms in total. The first-order chi connectivity index (χ1) is 7.46. The van der Waals surface area contributed by atoms with E-state index in [0.717, 1.165) is 25.7 Å². The molecule has 4 heteroatoms. The van der Waals surface area contributed by atoms with E-state index in [-0.39, 0.29) is 34.5 Å². The van der Waals surface area contributed by atoms with E-state index in [2.05, 4.69) is 24.7 Å². The summed E-state index contributed by atoms with van der Waals surface area (Å²) in [6.45, 7) is 4.34. The van der Waals surface area contributed by atoms with Gasteiger partial charge in [-0.2, -0.15) is 0 Å². The average molecular weight is 222 g/mol. The van der Waals surface area contributed by atoms with E-state index in [0.29, 0.717) is 0 Å². The molecule has 0 aromatic rings. The average Bonchev–Trinajstić information content (AvgIpc) is 2.25. The first-order valence-corrected chi connectivity index (χ1v) is 6.06. The molecule has 0 unspecified atom stereocenters. The third-order valence-electron chi connectivity index (χ3n) is 5.24. The van der Waals surface area contributed by atoms with Crippen molar-refractivity contribution in [2.45, 2.75) is 39.5 Å². The number of hydrazine groups is 1. The molecule has 3 aliphatic carbocycles. The molecule has 16 heavy (non-hydrogen) atoms. The third-order valence-corrected chi connectivity index (χ3v) is 5.24. The minimum absolute atomic E-state index is 0.0118. The molecule has 1 saturated heterocycles. The smallest absolute Gasteiger partial charge is 0.242 e. The van der Waals surface area contributed by atoms with Crippen LogP contribution in [0, 0.1) is 22.7 Å². The molecule has 0 aromatic carbocycles. The third kappa shape index (κ3) is 1.05. The zero-order valence-corrected chi connectivity index (χ0v) is 9.80. The van der Waals surface area contributed by atoms with Crippen LogP contribution in [0.2, 0.25) is 0 Å². The van der Waals surface area contributed by atoms with Crippen LogP contribution in [0.1, 0.15) is 39.5 Å². The summed E-state index contributed by atoms with van der Waals surface area (Å²) >= 11 is 0. The molecule has 4 fully saturated rings. The Bertz CT molecular complexity index is 333. The topological polar surface area (TPSA) is 58.2 Å². The van der Waals surface area contributed by atoms with Gasteiger partial charge < -0.3 is 0 Å². The summed E-state index contributed by atoms with van der Waals surface area (Å²) in [4.78, 5) is 24.0. The Labute approximate surface area is 95.1 Å². The molecular weight excluding hydrogens is 204 g/mol. The molecule has 4 rings (SSSR count). The second-order valence-corrected chi connectivity index (χ2v) is 6.24. The van der Waals surface area contributed by atoms with Gasteiger partial charge in [-0.3, -0.25) is 20.4 Å². The van der Waals surface area contributed by atoms with Crippen LogP contribution in [0.3, 0.4) is 0 Å². The van der Waals surface area contributed by atoms with Crippen molar-refractivity contribution in [1.82, 2.24) is 10.9 Å². The van der Waals surface area contributed by atoms with Crippen LogP contribution in [-0.4, -0.2) is 11.8 Å². The summed E-state index contributed by atoms with van der Waals surface area (Å²) < 4.78 is 0. The van der Waals surface area contributed by atoms with Gasteiger partial charge in [0.05, 0.1) is 11.8 Å². The lowest BCUT2D eigenvalue weighted by atomic mass is 9.45. The highest BCUT2D eigenvalue weighted by Gasteiger charge is 2.62. The number of nitrogens with one attached hydrogen (secondary N) is 2. The van der Waals surface area contributed by atoms with E-state index in [1.165, 1.54) is 0 Å². The van der Waals surface area contributed by atoms with Gasteiger partial charge in [0.2, 0.25) is 11.8 Å². The number of hydrogen-bond acceptors (Lipinski definition) is 2. The molecular formula is C12H18N2O2. The van der Waals surface area contributed by atoms with Crippen LogP contribution >= 0.6 is 0 Å². The van der Waals surface area contributed by atoms with Crippen LogP contribution in [0.25, 0.3) is 0 Å². The summed E-state index contributed by atoms with van der Waals surface area (Å²) in [6.07, 6.45) is 4.30. The monoisotopic (exact) mass is 222 g/mol. The molecule has 3 saturated carbocycles. The lowest BCUT2D eigenvalue weighted by molar-refractivity contribution is -0.173. The maximum atomic E-state index is 12.0. The quantitative estimate of drug-likeness (QED) is 0.642. The van der Waals surface area contributed by atoms with Crippen LogP contribution in [0.4, 0.5) is 0 Å². The fourth-order valence-electron chi connectivity index (χ4n) is 4.03. The highest BCUT2D eigenvalue weighted by molar-refractivity contribution is 5.94. The molecule has 0 radical (unpaired) electrons. The van der Waals surface area contributed by atoms with Gasteiger partial charge >= 0.3 is 0 Å². The zero-order valence-electron chi connectivity index (χ0n) is 9.80. The summed E-state index contributed by atoms with van der Waals surface area (Å²) in [7, 11) is 0. The molecule has 1 aliphatic heterocycles. The van der Waals surface area contributed by atoms with E-state index in [1.807, 2.05) is 0 Å². The summed E-state index contributed by atoms with van der Waals surface area (Å²) in [5.74, 6) is -0.210. The van der Waals surface area contributed by atoms with Crippen molar-refractivity contribution in [1.29, 1.82) is 0 Å². The predicted octanol–water partition coefficient (Wildman–Crippen LogP) is 0.980. The van der Waals surface area contributed by atoms with Crippen molar-refractivity contribution in [2.24, 2.45) is 22.7 Å². The molecule has 2 bridgehead atoms. The first kappa shape index (κ1) is 10.1. The highest BCUT2D eigenvalue weighted by atomic mass is 16.2. The van der Waals surface area contributed by atoms with Crippen LogP contribution in [0.5, 0.6) is 0 Å². The molecule has 0 aromatic heterocycles. The number of rotatable bonds is 0. The van der Waals surface area contributed by atoms with E-state index in [1.54, 1.807) is 0 Å². The van der Waals surface area contributed by atoms with Crippen LogP contribution in [0.15, 0.2) is 0 Å². The van der Waals surface area contributed by atoms with Gasteiger partial charge in [-0.1, -0.05) is 13.8 Å². The standard InChI is InChI=1S/C12H18N2O2/c1-11-3-5-12(2,6-4-11)8-7(11)9(15)13-14-10(8)16/h7-8H,3-6H2,1-2H3,(H,13,15)(H,14,16)/t7-,8+,11?,12?. The molecule has 88 valence electrons. The summed E-state index contributed by atoms with van der Waals surface area (Å²) in [5, 5.41) is 0. The number of carbonyl (C=O) groups excluding carboxylic acids is 2. The second-order valence-electron chi connectivity index (χ2n) is 6.24. The Kier molecular flexibility index (Phi) is 1.76. The largest absolute Gasteiger partial charge is 0.273 e. The fraction of sp³-hybridized carbons (Fsp3) is 0.833. The second kappa shape index (κ2) is 2.79. The number of fused-ring (bicyclic) bond motifs is 2. The Morgan fingerprint density at radius 1 is 0.875 bits per heavy atom. The van der Waals surface area contributed by atoms with Crippen molar-refractivity contribution >= 4 is 11.8 Å². The Morgan fingerprint density at radius 3 is 1.50 bits per heavy atom. The van der Waals surface area contributed by atoms with E-state index < -0.39 is 0 Å². The van der Waals surface area contributed by atoms with Crippen LogP contribution < -0.4 is 10.9 Å². The van der Waals surface area contributed by atoms with Gasteiger partial charge in [0.25, 0.3) is 0 Å². The van der Waals surface area contributed by atoms with Gasteiger partial charge in [0.1, 0.15) is 0 Å². The molecule has 1 heterocycles. The van der Waals surface area contributed by atoms with Crippen molar-refractivity contribution < 1.29 is 9.59 Å². The van der Waals surface area contributed by atoms with Gasteiger partial charge in [-0.15, -0.1) is 0 Å². The van der Waals surface area contributed by atoms with Gasteiger partial charge in [0.15, 0.2) is 0 Å². The summed E-state index contributed by atoms with van der Waals surface area (Å²) in [5.41, 5.74) is 5.10. The van der Waals surface area contributed by atoms with Crippen molar-refractivity contribution in [2.75, 3.05) is 0 Å². The van der Waals surface area contributed by atoms with Crippen LogP contribution in [-0.2, 0) is 9.59 Å². The van der Waals surface area contributed by atoms with Crippen molar-refractivity contribution in [3.63, 3.8) is 0 Å². The predicted molar refractivity (Wildman–Crippen MR) is 57.9 cm³/mol. The lowest BCUT2D eigenvalue weighted by Crippen LogP contribution is -2.67. The first-order valence-electron chi connectivity index (χ1n) is 6.06.